The third kappa shape index (κ3) is 4.35. The summed E-state index contributed by atoms with van der Waals surface area (Å²) in [5.41, 5.74) is 2.47. The maximum absolute atomic E-state index is 12.1. The highest BCUT2D eigenvalue weighted by Gasteiger charge is 2.03. The van der Waals surface area contributed by atoms with Crippen LogP contribution in [0.2, 0.25) is 0 Å². The second kappa shape index (κ2) is 7.97. The van der Waals surface area contributed by atoms with E-state index in [4.69, 9.17) is 9.15 Å². The first-order valence-electron chi connectivity index (χ1n) is 7.96. The zero-order valence-electron chi connectivity index (χ0n) is 13.8. The molecule has 0 radical (unpaired) electrons. The quantitative estimate of drug-likeness (QED) is 0.679. The molecule has 1 amide bonds. The molecule has 3 aromatic rings. The third-order valence-corrected chi connectivity index (χ3v) is 3.50. The number of benzene rings is 2. The first kappa shape index (κ1) is 16.5. The van der Waals surface area contributed by atoms with Crippen LogP contribution in [0.4, 0.5) is 5.69 Å². The minimum absolute atomic E-state index is 0.210. The molecule has 0 saturated carbocycles. The van der Waals surface area contributed by atoms with Gasteiger partial charge in [-0.3, -0.25) is 4.79 Å². The van der Waals surface area contributed by atoms with Crippen LogP contribution in [-0.4, -0.2) is 17.5 Å². The fraction of sp³-hybridized carbons (Fsp3) is 0.100. The predicted molar refractivity (Wildman–Crippen MR) is 97.2 cm³/mol. The molecule has 0 aliphatic carbocycles. The maximum atomic E-state index is 12.1. The van der Waals surface area contributed by atoms with Crippen molar-refractivity contribution >= 4 is 17.7 Å². The van der Waals surface area contributed by atoms with E-state index in [1.54, 1.807) is 12.3 Å². The number of carbonyl (C=O) groups is 1. The summed E-state index contributed by atoms with van der Waals surface area (Å²) in [4.78, 5) is 16.0. The molecule has 0 aliphatic rings. The van der Waals surface area contributed by atoms with E-state index >= 15 is 0 Å². The van der Waals surface area contributed by atoms with E-state index in [0.29, 0.717) is 18.1 Å². The first-order valence-corrected chi connectivity index (χ1v) is 7.96. The van der Waals surface area contributed by atoms with Crippen molar-refractivity contribution < 1.29 is 13.9 Å². The molecule has 0 fully saturated rings. The lowest BCUT2D eigenvalue weighted by atomic mass is 10.1. The highest BCUT2D eigenvalue weighted by atomic mass is 16.5. The molecule has 3 rings (SSSR count). The number of oxazole rings is 1. The van der Waals surface area contributed by atoms with Crippen LogP contribution >= 0.6 is 0 Å². The number of carbonyl (C=O) groups excluding carboxylic acids is 1. The van der Waals surface area contributed by atoms with Crippen LogP contribution in [0, 0.1) is 0 Å². The largest absolute Gasteiger partial charge is 0.493 e. The Bertz CT molecular complexity index is 853. The molecule has 0 spiro atoms. The van der Waals surface area contributed by atoms with Crippen molar-refractivity contribution in [1.29, 1.82) is 0 Å². The molecule has 0 unspecified atom stereocenters. The van der Waals surface area contributed by atoms with Gasteiger partial charge in [-0.2, -0.15) is 0 Å². The van der Waals surface area contributed by atoms with Gasteiger partial charge in [-0.1, -0.05) is 18.2 Å². The Balaban J connectivity index is 1.64. The summed E-state index contributed by atoms with van der Waals surface area (Å²) in [6.07, 6.45) is 6.26. The standard InChI is InChI=1S/C20H18N2O3/c1-2-24-18-6-4-3-5-15(18)9-12-20(23)22-17-10-7-16(8-11-17)19-13-21-14-25-19/h3-14H,2H2,1H3,(H,22,23)/b12-9+. The molecule has 2 aromatic carbocycles. The predicted octanol–water partition coefficient (Wildman–Crippen LogP) is 4.39. The molecule has 0 saturated heterocycles. The molecule has 1 heterocycles. The molecule has 25 heavy (non-hydrogen) atoms. The molecule has 0 bridgehead atoms. The van der Waals surface area contributed by atoms with Gasteiger partial charge in [0, 0.05) is 22.9 Å². The number of hydrogen-bond donors (Lipinski definition) is 1. The SMILES string of the molecule is CCOc1ccccc1/C=C/C(=O)Nc1ccc(-c2cnco2)cc1. The van der Waals surface area contributed by atoms with Crippen LogP contribution in [0.25, 0.3) is 17.4 Å². The van der Waals surface area contributed by atoms with Crippen LogP contribution in [0.1, 0.15) is 12.5 Å². The van der Waals surface area contributed by atoms with E-state index in [9.17, 15) is 4.79 Å². The molecule has 1 N–H and O–H groups in total. The van der Waals surface area contributed by atoms with Gasteiger partial charge >= 0.3 is 0 Å². The van der Waals surface area contributed by atoms with Crippen LogP contribution in [0.15, 0.2) is 71.6 Å². The zero-order chi connectivity index (χ0) is 17.5. The summed E-state index contributed by atoms with van der Waals surface area (Å²) >= 11 is 0. The fourth-order valence-electron chi connectivity index (χ4n) is 2.33. The third-order valence-electron chi connectivity index (χ3n) is 3.50. The van der Waals surface area contributed by atoms with Crippen molar-refractivity contribution in [2.45, 2.75) is 6.92 Å². The van der Waals surface area contributed by atoms with Gasteiger partial charge in [0.2, 0.25) is 5.91 Å². The van der Waals surface area contributed by atoms with Gasteiger partial charge in [-0.05, 0) is 43.3 Å². The normalized spacial score (nSPS) is 10.8. The lowest BCUT2D eigenvalue weighted by Crippen LogP contribution is -2.07. The number of ether oxygens (including phenoxy) is 1. The highest BCUT2D eigenvalue weighted by Crippen LogP contribution is 2.21. The van der Waals surface area contributed by atoms with Gasteiger partial charge < -0.3 is 14.5 Å². The van der Waals surface area contributed by atoms with Crippen LogP contribution in [0.3, 0.4) is 0 Å². The minimum Gasteiger partial charge on any atom is -0.493 e. The Morgan fingerprint density at radius 1 is 1.20 bits per heavy atom. The van der Waals surface area contributed by atoms with Crippen molar-refractivity contribution in [2.75, 3.05) is 11.9 Å². The second-order valence-corrected chi connectivity index (χ2v) is 5.24. The van der Waals surface area contributed by atoms with Crippen molar-refractivity contribution in [1.82, 2.24) is 4.98 Å². The Morgan fingerprint density at radius 2 is 2.00 bits per heavy atom. The lowest BCUT2D eigenvalue weighted by Gasteiger charge is -2.06. The Hall–Kier alpha value is -3.34. The summed E-state index contributed by atoms with van der Waals surface area (Å²) in [6, 6.07) is 15.0. The average Bonchev–Trinajstić information content (AvgIpc) is 3.17. The average molecular weight is 334 g/mol. The zero-order valence-corrected chi connectivity index (χ0v) is 13.8. The van der Waals surface area contributed by atoms with Crippen LogP contribution in [-0.2, 0) is 4.79 Å². The van der Waals surface area contributed by atoms with Gasteiger partial charge in [0.05, 0.1) is 12.8 Å². The molecule has 1 aromatic heterocycles. The van der Waals surface area contributed by atoms with E-state index in [2.05, 4.69) is 10.3 Å². The van der Waals surface area contributed by atoms with Crippen molar-refractivity contribution in [3.63, 3.8) is 0 Å². The highest BCUT2D eigenvalue weighted by molar-refractivity contribution is 6.02. The summed E-state index contributed by atoms with van der Waals surface area (Å²) in [5.74, 6) is 1.23. The number of rotatable bonds is 6. The number of aromatic nitrogens is 1. The smallest absolute Gasteiger partial charge is 0.248 e. The van der Waals surface area contributed by atoms with E-state index < -0.39 is 0 Å². The van der Waals surface area contributed by atoms with Gasteiger partial charge in [0.25, 0.3) is 0 Å². The molecule has 5 heteroatoms. The number of anilines is 1. The van der Waals surface area contributed by atoms with Crippen molar-refractivity contribution in [3.05, 3.63) is 72.8 Å². The van der Waals surface area contributed by atoms with E-state index in [0.717, 1.165) is 16.9 Å². The topological polar surface area (TPSA) is 64.4 Å². The molecule has 5 nitrogen and oxygen atoms in total. The van der Waals surface area contributed by atoms with Gasteiger partial charge in [0.1, 0.15) is 5.75 Å². The number of hydrogen-bond acceptors (Lipinski definition) is 4. The van der Waals surface area contributed by atoms with Gasteiger partial charge in [0.15, 0.2) is 12.2 Å². The number of amides is 1. The Labute approximate surface area is 146 Å². The second-order valence-electron chi connectivity index (χ2n) is 5.24. The van der Waals surface area contributed by atoms with Crippen LogP contribution < -0.4 is 10.1 Å². The Kier molecular flexibility index (Phi) is 5.26. The van der Waals surface area contributed by atoms with Gasteiger partial charge in [-0.15, -0.1) is 0 Å². The summed E-state index contributed by atoms with van der Waals surface area (Å²) in [5, 5.41) is 2.82. The molecular formula is C20H18N2O3. The summed E-state index contributed by atoms with van der Waals surface area (Å²) in [7, 11) is 0. The minimum atomic E-state index is -0.210. The maximum Gasteiger partial charge on any atom is 0.248 e. The lowest BCUT2D eigenvalue weighted by molar-refractivity contribution is -0.111. The van der Waals surface area contributed by atoms with Crippen molar-refractivity contribution in [2.24, 2.45) is 0 Å². The molecule has 0 aliphatic heterocycles. The first-order chi connectivity index (χ1) is 12.3. The molecule has 0 atom stereocenters. The monoisotopic (exact) mass is 334 g/mol. The summed E-state index contributed by atoms with van der Waals surface area (Å²) < 4.78 is 10.8. The molecule has 126 valence electrons. The fourth-order valence-corrected chi connectivity index (χ4v) is 2.33. The van der Waals surface area contributed by atoms with E-state index in [-0.39, 0.29) is 5.91 Å². The number of para-hydroxylation sites is 1. The van der Waals surface area contributed by atoms with E-state index in [1.807, 2.05) is 55.5 Å². The van der Waals surface area contributed by atoms with Crippen LogP contribution in [0.5, 0.6) is 5.75 Å². The van der Waals surface area contributed by atoms with Crippen molar-refractivity contribution in [3.8, 4) is 17.1 Å². The van der Waals surface area contributed by atoms with E-state index in [1.165, 1.54) is 12.5 Å². The number of nitrogens with zero attached hydrogens (tertiary/aromatic N) is 1. The Morgan fingerprint density at radius 3 is 2.72 bits per heavy atom. The summed E-state index contributed by atoms with van der Waals surface area (Å²) in [6.45, 7) is 2.50. The molecular weight excluding hydrogens is 316 g/mol. The van der Waals surface area contributed by atoms with Gasteiger partial charge in [-0.25, -0.2) is 4.98 Å². The number of nitrogens with one attached hydrogen (secondary N) is 1.